The molecule has 1 aliphatic rings. The van der Waals surface area contributed by atoms with E-state index in [1.807, 2.05) is 13.8 Å². The van der Waals surface area contributed by atoms with Crippen LogP contribution in [-0.2, 0) is 13.1 Å². The fraction of sp³-hybridized carbons (Fsp3) is 0.400. The summed E-state index contributed by atoms with van der Waals surface area (Å²) in [6.45, 7) is 7.03. The van der Waals surface area contributed by atoms with Crippen molar-refractivity contribution in [2.75, 3.05) is 13.1 Å². The number of non-ortho nitro benzene ring substituents is 1. The lowest BCUT2D eigenvalue weighted by Gasteiger charge is -2.18. The number of nitro groups is 1. The van der Waals surface area contributed by atoms with Gasteiger partial charge in [0.25, 0.3) is 11.2 Å². The van der Waals surface area contributed by atoms with E-state index < -0.39 is 4.92 Å². The zero-order valence-electron chi connectivity index (χ0n) is 16.0. The van der Waals surface area contributed by atoms with Gasteiger partial charge in [0, 0.05) is 17.0 Å². The first-order valence-electron chi connectivity index (χ1n) is 9.39. The van der Waals surface area contributed by atoms with Crippen molar-refractivity contribution in [3.8, 4) is 0 Å². The molecular formula is C20H22N4O3S. The molecule has 1 aliphatic heterocycles. The second kappa shape index (κ2) is 7.44. The Kier molecular flexibility index (Phi) is 4.99. The summed E-state index contributed by atoms with van der Waals surface area (Å²) in [4.78, 5) is 32.9. The van der Waals surface area contributed by atoms with E-state index in [4.69, 9.17) is 4.98 Å². The Hall–Kier alpha value is -2.58. The van der Waals surface area contributed by atoms with Gasteiger partial charge in [-0.25, -0.2) is 4.98 Å². The number of nitro benzene ring substituents is 1. The Balaban J connectivity index is 1.79. The van der Waals surface area contributed by atoms with Crippen molar-refractivity contribution in [2.45, 2.75) is 39.8 Å². The van der Waals surface area contributed by atoms with Crippen LogP contribution in [0.3, 0.4) is 0 Å². The van der Waals surface area contributed by atoms with Crippen LogP contribution in [0.1, 0.15) is 34.7 Å². The van der Waals surface area contributed by atoms with Crippen LogP contribution in [0.25, 0.3) is 10.2 Å². The van der Waals surface area contributed by atoms with Crippen molar-refractivity contribution in [2.24, 2.45) is 0 Å². The smallest absolute Gasteiger partial charge is 0.269 e. The number of nitrogens with zero attached hydrogens (tertiary/aromatic N) is 4. The highest BCUT2D eigenvalue weighted by molar-refractivity contribution is 7.18. The number of aromatic nitrogens is 2. The topological polar surface area (TPSA) is 81.3 Å². The van der Waals surface area contributed by atoms with E-state index in [1.54, 1.807) is 28.0 Å². The second-order valence-electron chi connectivity index (χ2n) is 7.29. The SMILES string of the molecule is Cc1sc2nc(CN3CCCC3)n(Cc3ccc([N+](=O)[O-])cc3)c(=O)c2c1C. The summed E-state index contributed by atoms with van der Waals surface area (Å²) in [5.74, 6) is 0.763. The van der Waals surface area contributed by atoms with Gasteiger partial charge in [-0.1, -0.05) is 12.1 Å². The van der Waals surface area contributed by atoms with Gasteiger partial charge in [0.1, 0.15) is 10.7 Å². The highest BCUT2D eigenvalue weighted by atomic mass is 32.1. The number of aryl methyl sites for hydroxylation is 2. The molecule has 0 radical (unpaired) electrons. The maximum absolute atomic E-state index is 13.3. The Morgan fingerprint density at radius 1 is 1.14 bits per heavy atom. The second-order valence-corrected chi connectivity index (χ2v) is 8.49. The Morgan fingerprint density at radius 3 is 2.46 bits per heavy atom. The van der Waals surface area contributed by atoms with Crippen molar-refractivity contribution in [3.63, 3.8) is 0 Å². The number of thiophene rings is 1. The molecule has 7 nitrogen and oxygen atoms in total. The van der Waals surface area contributed by atoms with E-state index in [0.29, 0.717) is 18.5 Å². The molecule has 3 aromatic rings. The monoisotopic (exact) mass is 398 g/mol. The van der Waals surface area contributed by atoms with Gasteiger partial charge in [0.15, 0.2) is 0 Å². The normalized spacial score (nSPS) is 14.8. The van der Waals surface area contributed by atoms with Crippen molar-refractivity contribution in [1.29, 1.82) is 0 Å². The molecule has 146 valence electrons. The highest BCUT2D eigenvalue weighted by Gasteiger charge is 2.20. The summed E-state index contributed by atoms with van der Waals surface area (Å²) in [6.07, 6.45) is 2.35. The third-order valence-electron chi connectivity index (χ3n) is 5.42. The third kappa shape index (κ3) is 3.45. The van der Waals surface area contributed by atoms with Gasteiger partial charge >= 0.3 is 0 Å². The van der Waals surface area contributed by atoms with Gasteiger partial charge in [-0.15, -0.1) is 11.3 Å². The van der Waals surface area contributed by atoms with E-state index in [0.717, 1.165) is 39.7 Å². The first-order valence-corrected chi connectivity index (χ1v) is 10.2. The van der Waals surface area contributed by atoms with Gasteiger partial charge in [0.2, 0.25) is 0 Å². The lowest BCUT2D eigenvalue weighted by atomic mass is 10.2. The molecule has 0 unspecified atom stereocenters. The van der Waals surface area contributed by atoms with Crippen LogP contribution >= 0.6 is 11.3 Å². The minimum Gasteiger partial charge on any atom is -0.296 e. The predicted octanol–water partition coefficient (Wildman–Crippen LogP) is 3.63. The van der Waals surface area contributed by atoms with Gasteiger partial charge < -0.3 is 0 Å². The number of rotatable bonds is 5. The molecule has 1 aromatic carbocycles. The molecule has 1 saturated heterocycles. The lowest BCUT2D eigenvalue weighted by molar-refractivity contribution is -0.384. The first-order chi connectivity index (χ1) is 13.4. The third-order valence-corrected chi connectivity index (χ3v) is 6.52. The van der Waals surface area contributed by atoms with Crippen molar-refractivity contribution in [1.82, 2.24) is 14.5 Å². The summed E-state index contributed by atoms with van der Waals surface area (Å²) in [5, 5.41) is 11.6. The minimum atomic E-state index is -0.417. The number of fused-ring (bicyclic) bond motifs is 1. The zero-order chi connectivity index (χ0) is 19.8. The molecule has 3 heterocycles. The van der Waals surface area contributed by atoms with Gasteiger partial charge in [0.05, 0.1) is 23.4 Å². The molecule has 0 amide bonds. The molecule has 0 atom stereocenters. The van der Waals surface area contributed by atoms with E-state index in [9.17, 15) is 14.9 Å². The van der Waals surface area contributed by atoms with E-state index in [-0.39, 0.29) is 11.2 Å². The molecule has 0 N–H and O–H groups in total. The quantitative estimate of drug-likeness (QED) is 0.484. The van der Waals surface area contributed by atoms with Crippen LogP contribution in [-0.4, -0.2) is 32.5 Å². The average Bonchev–Trinajstić information content (AvgIpc) is 3.27. The summed E-state index contributed by atoms with van der Waals surface area (Å²) >= 11 is 1.57. The molecule has 0 saturated carbocycles. The van der Waals surface area contributed by atoms with Gasteiger partial charge in [-0.05, 0) is 50.9 Å². The Morgan fingerprint density at radius 2 is 1.82 bits per heavy atom. The molecule has 8 heteroatoms. The molecule has 0 bridgehead atoms. The van der Waals surface area contributed by atoms with Crippen molar-refractivity contribution in [3.05, 3.63) is 66.6 Å². The van der Waals surface area contributed by atoms with Crippen LogP contribution in [0, 0.1) is 24.0 Å². The van der Waals surface area contributed by atoms with E-state index in [1.165, 1.54) is 25.0 Å². The molecule has 0 spiro atoms. The maximum Gasteiger partial charge on any atom is 0.269 e. The summed E-state index contributed by atoms with van der Waals surface area (Å²) in [7, 11) is 0. The summed E-state index contributed by atoms with van der Waals surface area (Å²) < 4.78 is 1.74. The highest BCUT2D eigenvalue weighted by Crippen LogP contribution is 2.27. The number of likely N-dealkylation sites (tertiary alicyclic amines) is 1. The van der Waals surface area contributed by atoms with E-state index in [2.05, 4.69) is 4.90 Å². The minimum absolute atomic E-state index is 0.0283. The maximum atomic E-state index is 13.3. The number of benzene rings is 1. The Bertz CT molecular complexity index is 1100. The fourth-order valence-electron chi connectivity index (χ4n) is 3.70. The number of hydrogen-bond acceptors (Lipinski definition) is 6. The van der Waals surface area contributed by atoms with Crippen LogP contribution in [0.2, 0.25) is 0 Å². The van der Waals surface area contributed by atoms with Crippen molar-refractivity contribution < 1.29 is 4.92 Å². The fourth-order valence-corrected chi connectivity index (χ4v) is 4.74. The molecule has 1 fully saturated rings. The first kappa shape index (κ1) is 18.8. The molecule has 4 rings (SSSR count). The van der Waals surface area contributed by atoms with E-state index >= 15 is 0 Å². The summed E-state index contributed by atoms with van der Waals surface area (Å²) in [6, 6.07) is 6.37. The molecular weight excluding hydrogens is 376 g/mol. The largest absolute Gasteiger partial charge is 0.296 e. The Labute approximate surface area is 166 Å². The molecule has 2 aromatic heterocycles. The van der Waals surface area contributed by atoms with Crippen LogP contribution in [0.15, 0.2) is 29.1 Å². The van der Waals surface area contributed by atoms with Crippen LogP contribution in [0.4, 0.5) is 5.69 Å². The zero-order valence-corrected chi connectivity index (χ0v) is 16.8. The average molecular weight is 398 g/mol. The van der Waals surface area contributed by atoms with Gasteiger partial charge in [-0.3, -0.25) is 24.4 Å². The van der Waals surface area contributed by atoms with Crippen LogP contribution in [0.5, 0.6) is 0 Å². The standard InChI is InChI=1S/C20H22N4O3S/c1-13-14(2)28-19-18(13)20(25)23(17(21-19)12-22-9-3-4-10-22)11-15-5-7-16(8-6-15)24(26)27/h5-8H,3-4,9-12H2,1-2H3. The predicted molar refractivity (Wildman–Crippen MR) is 110 cm³/mol. The van der Waals surface area contributed by atoms with Crippen molar-refractivity contribution >= 4 is 27.2 Å². The summed E-state index contributed by atoms with van der Waals surface area (Å²) in [5.41, 5.74) is 1.86. The number of hydrogen-bond donors (Lipinski definition) is 0. The van der Waals surface area contributed by atoms with Crippen LogP contribution < -0.4 is 5.56 Å². The molecule has 0 aliphatic carbocycles. The molecule has 28 heavy (non-hydrogen) atoms. The lowest BCUT2D eigenvalue weighted by Crippen LogP contribution is -2.30. The van der Waals surface area contributed by atoms with Gasteiger partial charge in [-0.2, -0.15) is 0 Å².